The third-order valence-electron chi connectivity index (χ3n) is 5.59. The highest BCUT2D eigenvalue weighted by Gasteiger charge is 2.29. The molecule has 1 aliphatic rings. The Balaban J connectivity index is 1.85. The Kier molecular flexibility index (Phi) is 7.79. The second-order valence-electron chi connectivity index (χ2n) is 8.00. The molecule has 0 N–H and O–H groups in total. The summed E-state index contributed by atoms with van der Waals surface area (Å²) in [6, 6.07) is 19.1. The predicted octanol–water partition coefficient (Wildman–Crippen LogP) is 8.17. The van der Waals surface area contributed by atoms with Crippen LogP contribution < -0.4 is 0 Å². The zero-order valence-electron chi connectivity index (χ0n) is 17.7. The third kappa shape index (κ3) is 5.88. The van der Waals surface area contributed by atoms with E-state index in [4.69, 9.17) is 11.6 Å². The Hall–Kier alpha value is -2.23. The van der Waals surface area contributed by atoms with Crippen LogP contribution in [0.5, 0.6) is 0 Å². The van der Waals surface area contributed by atoms with Crippen LogP contribution in [-0.4, -0.2) is 0 Å². The van der Waals surface area contributed by atoms with E-state index < -0.39 is 0 Å². The minimum absolute atomic E-state index is 0.174. The molecule has 0 saturated heterocycles. The molecule has 0 saturated carbocycles. The van der Waals surface area contributed by atoms with Crippen LogP contribution in [0.15, 0.2) is 71.8 Å². The van der Waals surface area contributed by atoms with Gasteiger partial charge in [-0.1, -0.05) is 118 Å². The van der Waals surface area contributed by atoms with Crippen LogP contribution in [-0.2, 0) is 6.42 Å². The van der Waals surface area contributed by atoms with Gasteiger partial charge in [0.1, 0.15) is 0 Å². The van der Waals surface area contributed by atoms with Gasteiger partial charge < -0.3 is 0 Å². The molecule has 0 fully saturated rings. The molecule has 0 heterocycles. The molecule has 1 unspecified atom stereocenters. The van der Waals surface area contributed by atoms with Gasteiger partial charge in [0.25, 0.3) is 0 Å². The number of unbranched alkanes of at least 4 members (excludes halogenated alkanes) is 2. The maximum absolute atomic E-state index is 6.81. The normalized spacial score (nSPS) is 18.4. The fourth-order valence-corrected chi connectivity index (χ4v) is 4.30. The second-order valence-corrected chi connectivity index (χ2v) is 8.46. The molecule has 1 atom stereocenters. The average molecular weight is 403 g/mol. The summed E-state index contributed by atoms with van der Waals surface area (Å²) in [6.07, 6.45) is 12.2. The van der Waals surface area contributed by atoms with Crippen molar-refractivity contribution in [1.82, 2.24) is 0 Å². The summed E-state index contributed by atoms with van der Waals surface area (Å²) in [6.45, 7) is 4.46. The lowest BCUT2D eigenvalue weighted by Gasteiger charge is -2.29. The largest absolute Gasteiger partial charge is 0.0884 e. The van der Waals surface area contributed by atoms with E-state index in [1.807, 2.05) is 6.07 Å². The third-order valence-corrected chi connectivity index (χ3v) is 5.93. The Morgan fingerprint density at radius 1 is 0.931 bits per heavy atom. The molecule has 150 valence electrons. The molecule has 0 bridgehead atoms. The van der Waals surface area contributed by atoms with Gasteiger partial charge in [-0.3, -0.25) is 0 Å². The molecule has 29 heavy (non-hydrogen) atoms. The summed E-state index contributed by atoms with van der Waals surface area (Å²) in [5, 5.41) is 0.919. The zero-order valence-corrected chi connectivity index (χ0v) is 18.4. The van der Waals surface area contributed by atoms with Gasteiger partial charge in [0.05, 0.1) is 5.41 Å². The summed E-state index contributed by atoms with van der Waals surface area (Å²) in [4.78, 5) is 0. The van der Waals surface area contributed by atoms with Gasteiger partial charge in [-0.15, -0.1) is 0 Å². The highest BCUT2D eigenvalue weighted by atomic mass is 35.5. The summed E-state index contributed by atoms with van der Waals surface area (Å²) in [5.41, 5.74) is 4.60. The highest BCUT2D eigenvalue weighted by Crippen LogP contribution is 2.42. The quantitative estimate of drug-likeness (QED) is 0.323. The molecule has 2 aromatic rings. The van der Waals surface area contributed by atoms with Gasteiger partial charge in [0.2, 0.25) is 0 Å². The van der Waals surface area contributed by atoms with E-state index in [-0.39, 0.29) is 5.41 Å². The van der Waals surface area contributed by atoms with Gasteiger partial charge in [-0.25, -0.2) is 0 Å². The minimum atomic E-state index is -0.174. The van der Waals surface area contributed by atoms with Crippen molar-refractivity contribution in [1.29, 1.82) is 0 Å². The van der Waals surface area contributed by atoms with Crippen molar-refractivity contribution in [2.24, 2.45) is 5.41 Å². The van der Waals surface area contributed by atoms with E-state index in [1.165, 1.54) is 36.8 Å². The summed E-state index contributed by atoms with van der Waals surface area (Å²) >= 11 is 6.81. The Labute approximate surface area is 181 Å². The molecule has 0 spiro atoms. The van der Waals surface area contributed by atoms with E-state index in [0.717, 1.165) is 35.4 Å². The second kappa shape index (κ2) is 10.5. The lowest BCUT2D eigenvalue weighted by atomic mass is 9.75. The molecule has 3 rings (SSSR count). The van der Waals surface area contributed by atoms with Gasteiger partial charge in [0, 0.05) is 17.0 Å². The molecular formula is C28H31Cl. The minimum Gasteiger partial charge on any atom is -0.0884 e. The molecule has 0 aliphatic heterocycles. The summed E-state index contributed by atoms with van der Waals surface area (Å²) in [5.74, 6) is 7.05. The van der Waals surface area contributed by atoms with E-state index in [9.17, 15) is 0 Å². The zero-order chi connectivity index (χ0) is 20.5. The van der Waals surface area contributed by atoms with Crippen LogP contribution in [0.25, 0.3) is 5.57 Å². The smallest absolute Gasteiger partial charge is 0.0549 e. The maximum Gasteiger partial charge on any atom is 0.0549 e. The van der Waals surface area contributed by atoms with Crippen molar-refractivity contribution in [2.45, 2.75) is 58.8 Å². The number of allylic oxidation sites excluding steroid dienone is 4. The Morgan fingerprint density at radius 3 is 2.34 bits per heavy atom. The molecule has 1 heteroatoms. The molecule has 0 aromatic heterocycles. The van der Waals surface area contributed by atoms with Crippen LogP contribution in [0.4, 0.5) is 0 Å². The van der Waals surface area contributed by atoms with Crippen LogP contribution in [0.1, 0.15) is 69.1 Å². The monoisotopic (exact) mass is 402 g/mol. The first kappa shape index (κ1) is 21.5. The average Bonchev–Trinajstić information content (AvgIpc) is 2.75. The number of halogens is 1. The maximum atomic E-state index is 6.81. The first-order valence-electron chi connectivity index (χ1n) is 10.9. The molecule has 0 radical (unpaired) electrons. The fraction of sp³-hybridized carbons (Fsp3) is 0.357. The molecule has 2 aromatic carbocycles. The lowest BCUT2D eigenvalue weighted by Crippen LogP contribution is -2.19. The van der Waals surface area contributed by atoms with Crippen LogP contribution >= 0.6 is 11.6 Å². The number of aryl methyl sites for hydroxylation is 1. The van der Waals surface area contributed by atoms with Crippen molar-refractivity contribution < 1.29 is 0 Å². The summed E-state index contributed by atoms with van der Waals surface area (Å²) in [7, 11) is 0. The van der Waals surface area contributed by atoms with E-state index >= 15 is 0 Å². The molecule has 0 nitrogen and oxygen atoms in total. The molecular weight excluding hydrogens is 372 g/mol. The van der Waals surface area contributed by atoms with Crippen molar-refractivity contribution in [3.05, 3.63) is 88.5 Å². The van der Waals surface area contributed by atoms with Crippen LogP contribution in [0.3, 0.4) is 0 Å². The van der Waals surface area contributed by atoms with E-state index in [1.54, 1.807) is 0 Å². The van der Waals surface area contributed by atoms with Crippen molar-refractivity contribution in [3.8, 4) is 11.8 Å². The van der Waals surface area contributed by atoms with Crippen molar-refractivity contribution in [2.75, 3.05) is 0 Å². The fourth-order valence-electron chi connectivity index (χ4n) is 3.89. The van der Waals surface area contributed by atoms with E-state index in [2.05, 4.69) is 86.4 Å². The van der Waals surface area contributed by atoms with Crippen molar-refractivity contribution in [3.63, 3.8) is 0 Å². The first-order valence-corrected chi connectivity index (χ1v) is 11.3. The SMILES string of the molecule is CCCCCC1(C#Cc2ccc(CCC)cc2)C=CC(c2ccccc2)=C(Cl)C1. The Bertz CT molecular complexity index is 906. The van der Waals surface area contributed by atoms with Crippen LogP contribution in [0.2, 0.25) is 0 Å². The number of benzene rings is 2. The van der Waals surface area contributed by atoms with E-state index in [0.29, 0.717) is 0 Å². The molecule has 0 amide bonds. The lowest BCUT2D eigenvalue weighted by molar-refractivity contribution is 0.441. The van der Waals surface area contributed by atoms with Crippen molar-refractivity contribution >= 4 is 17.2 Å². The number of hydrogen-bond donors (Lipinski definition) is 0. The predicted molar refractivity (Wildman–Crippen MR) is 127 cm³/mol. The topological polar surface area (TPSA) is 0 Å². The standard InChI is InChI=1S/C28H31Cl/c1-3-5-9-19-28(20-17-24-15-13-23(10-4-2)14-16-24)21-18-26(27(29)22-28)25-11-7-6-8-12-25/h6-8,11-16,18,21H,3-5,9-10,19,22H2,1-2H3. The van der Waals surface area contributed by atoms with Gasteiger partial charge in [0.15, 0.2) is 0 Å². The van der Waals surface area contributed by atoms with Gasteiger partial charge in [-0.2, -0.15) is 0 Å². The summed E-state index contributed by atoms with van der Waals surface area (Å²) < 4.78 is 0. The van der Waals surface area contributed by atoms with Gasteiger partial charge in [-0.05, 0) is 41.7 Å². The Morgan fingerprint density at radius 2 is 1.69 bits per heavy atom. The van der Waals surface area contributed by atoms with Gasteiger partial charge >= 0.3 is 0 Å². The van der Waals surface area contributed by atoms with Crippen LogP contribution in [0, 0.1) is 17.3 Å². The highest BCUT2D eigenvalue weighted by molar-refractivity contribution is 6.33. The number of rotatable bonds is 7. The first-order chi connectivity index (χ1) is 14.2. The molecule has 1 aliphatic carbocycles. The number of hydrogen-bond acceptors (Lipinski definition) is 0.